The molecule has 7 nitrogen and oxygen atoms in total. The number of carbonyl (C=O) groups is 1. The number of likely N-dealkylation sites (tertiary alicyclic amines) is 1. The van der Waals surface area contributed by atoms with Crippen molar-refractivity contribution in [3.05, 3.63) is 30.2 Å². The highest BCUT2D eigenvalue weighted by atomic mass is 32.2. The zero-order chi connectivity index (χ0) is 17.9. The summed E-state index contributed by atoms with van der Waals surface area (Å²) in [5.74, 6) is 1.61. The molecule has 0 radical (unpaired) electrons. The van der Waals surface area contributed by atoms with Gasteiger partial charge in [-0.2, -0.15) is 0 Å². The Morgan fingerprint density at radius 2 is 2.15 bits per heavy atom. The monoisotopic (exact) mass is 389 g/mol. The molecule has 0 spiro atoms. The lowest BCUT2D eigenvalue weighted by Crippen LogP contribution is -2.39. The number of nitrogens with zero attached hydrogens (tertiary/aromatic N) is 4. The number of amides is 1. The van der Waals surface area contributed by atoms with Crippen LogP contribution in [0.25, 0.3) is 11.1 Å². The van der Waals surface area contributed by atoms with Crippen molar-refractivity contribution in [3.8, 4) is 0 Å². The third kappa shape index (κ3) is 3.68. The van der Waals surface area contributed by atoms with E-state index in [1.807, 2.05) is 29.2 Å². The predicted molar refractivity (Wildman–Crippen MR) is 103 cm³/mol. The van der Waals surface area contributed by atoms with Gasteiger partial charge in [0.2, 0.25) is 11.0 Å². The molecule has 136 valence electrons. The first-order valence-electron chi connectivity index (χ1n) is 8.50. The van der Waals surface area contributed by atoms with E-state index in [-0.39, 0.29) is 11.8 Å². The van der Waals surface area contributed by atoms with E-state index in [1.165, 1.54) is 23.1 Å². The van der Waals surface area contributed by atoms with Crippen molar-refractivity contribution in [3.63, 3.8) is 0 Å². The lowest BCUT2D eigenvalue weighted by molar-refractivity contribution is -0.129. The van der Waals surface area contributed by atoms with E-state index in [0.29, 0.717) is 5.75 Å². The smallest absolute Gasteiger partial charge is 0.233 e. The molecular weight excluding hydrogens is 370 g/mol. The molecule has 1 amide bonds. The summed E-state index contributed by atoms with van der Waals surface area (Å²) in [6.07, 6.45) is 1.76. The van der Waals surface area contributed by atoms with Gasteiger partial charge in [-0.15, -0.1) is 10.2 Å². The zero-order valence-corrected chi connectivity index (χ0v) is 16.0. The molecule has 3 aromatic rings. The van der Waals surface area contributed by atoms with Crippen molar-refractivity contribution in [2.24, 2.45) is 0 Å². The van der Waals surface area contributed by atoms with Crippen molar-refractivity contribution in [2.75, 3.05) is 31.2 Å². The SMILES string of the molecule is CNc1nnc(SCC(=O)N2CCC(c3nc4ccccc4o3)CC2)s1. The van der Waals surface area contributed by atoms with Crippen molar-refractivity contribution < 1.29 is 9.21 Å². The number of hydrogen-bond donors (Lipinski definition) is 1. The van der Waals surface area contributed by atoms with Gasteiger partial charge in [0.15, 0.2) is 15.8 Å². The quantitative estimate of drug-likeness (QED) is 0.671. The number of hydrogen-bond acceptors (Lipinski definition) is 8. The molecule has 4 rings (SSSR count). The second kappa shape index (κ2) is 7.63. The van der Waals surface area contributed by atoms with Crippen LogP contribution in [0.1, 0.15) is 24.7 Å². The molecule has 2 aromatic heterocycles. The highest BCUT2D eigenvalue weighted by Crippen LogP contribution is 2.31. The second-order valence-corrected chi connectivity index (χ2v) is 8.29. The number of benzene rings is 1. The fraction of sp³-hybridized carbons (Fsp3) is 0.412. The van der Waals surface area contributed by atoms with E-state index in [9.17, 15) is 4.79 Å². The fourth-order valence-electron chi connectivity index (χ4n) is 3.02. The summed E-state index contributed by atoms with van der Waals surface area (Å²) in [4.78, 5) is 19.0. The maximum absolute atomic E-state index is 12.4. The topological polar surface area (TPSA) is 84.2 Å². The average Bonchev–Trinajstić information content (AvgIpc) is 3.32. The molecule has 26 heavy (non-hydrogen) atoms. The number of rotatable bonds is 5. The minimum absolute atomic E-state index is 0.146. The predicted octanol–water partition coefficient (Wildman–Crippen LogP) is 3.22. The standard InChI is InChI=1S/C17H19N5O2S2/c1-18-16-20-21-17(26-16)25-10-14(23)22-8-6-11(7-9-22)15-19-12-4-2-3-5-13(12)24-15/h2-5,11H,6-10H2,1H3,(H,18,20). The molecule has 1 saturated heterocycles. The summed E-state index contributed by atoms with van der Waals surface area (Å²) in [5.41, 5.74) is 1.73. The van der Waals surface area contributed by atoms with Crippen LogP contribution in [0.3, 0.4) is 0 Å². The van der Waals surface area contributed by atoms with Crippen LogP contribution in [-0.2, 0) is 4.79 Å². The van der Waals surface area contributed by atoms with Crippen LogP contribution >= 0.6 is 23.1 Å². The van der Waals surface area contributed by atoms with Gasteiger partial charge in [-0.3, -0.25) is 4.79 Å². The highest BCUT2D eigenvalue weighted by molar-refractivity contribution is 8.01. The number of oxazole rings is 1. The lowest BCUT2D eigenvalue weighted by atomic mass is 9.97. The molecule has 1 fully saturated rings. The van der Waals surface area contributed by atoms with Gasteiger partial charge in [0.1, 0.15) is 5.52 Å². The van der Waals surface area contributed by atoms with Crippen LogP contribution in [0.5, 0.6) is 0 Å². The van der Waals surface area contributed by atoms with E-state index >= 15 is 0 Å². The van der Waals surface area contributed by atoms with Crippen LogP contribution in [0, 0.1) is 0 Å². The van der Waals surface area contributed by atoms with Crippen LogP contribution in [0.15, 0.2) is 33.0 Å². The first-order chi connectivity index (χ1) is 12.7. The van der Waals surface area contributed by atoms with Gasteiger partial charge in [-0.1, -0.05) is 35.2 Å². The fourth-order valence-corrected chi connectivity index (χ4v) is 4.63. The van der Waals surface area contributed by atoms with Gasteiger partial charge in [0, 0.05) is 26.1 Å². The minimum atomic E-state index is 0.146. The first kappa shape index (κ1) is 17.3. The third-order valence-electron chi connectivity index (χ3n) is 4.45. The highest BCUT2D eigenvalue weighted by Gasteiger charge is 2.27. The van der Waals surface area contributed by atoms with Crippen LogP contribution < -0.4 is 5.32 Å². The number of para-hydroxylation sites is 2. The Balaban J connectivity index is 1.30. The summed E-state index contributed by atoms with van der Waals surface area (Å²) < 4.78 is 6.69. The second-order valence-electron chi connectivity index (χ2n) is 6.09. The Labute approximate surface area is 159 Å². The van der Waals surface area contributed by atoms with Gasteiger partial charge < -0.3 is 14.6 Å². The average molecular weight is 390 g/mol. The van der Waals surface area contributed by atoms with E-state index in [4.69, 9.17) is 4.42 Å². The van der Waals surface area contributed by atoms with Crippen LogP contribution in [0.2, 0.25) is 0 Å². The van der Waals surface area contributed by atoms with Gasteiger partial charge in [-0.05, 0) is 25.0 Å². The number of anilines is 1. The van der Waals surface area contributed by atoms with Crippen molar-refractivity contribution in [1.29, 1.82) is 0 Å². The third-order valence-corrected chi connectivity index (χ3v) is 6.51. The molecular formula is C17H19N5O2S2. The summed E-state index contributed by atoms with van der Waals surface area (Å²) in [6.45, 7) is 1.47. The van der Waals surface area contributed by atoms with E-state index < -0.39 is 0 Å². The van der Waals surface area contributed by atoms with Gasteiger partial charge in [0.25, 0.3) is 0 Å². The summed E-state index contributed by atoms with van der Waals surface area (Å²) in [6, 6.07) is 7.82. The zero-order valence-electron chi connectivity index (χ0n) is 14.3. The molecule has 0 atom stereocenters. The summed E-state index contributed by atoms with van der Waals surface area (Å²) in [7, 11) is 1.81. The Bertz CT molecular complexity index is 868. The molecule has 1 aromatic carbocycles. The largest absolute Gasteiger partial charge is 0.440 e. The molecule has 1 aliphatic heterocycles. The van der Waals surface area contributed by atoms with Crippen molar-refractivity contribution in [1.82, 2.24) is 20.1 Å². The minimum Gasteiger partial charge on any atom is -0.440 e. The summed E-state index contributed by atoms with van der Waals surface area (Å²) in [5, 5.41) is 11.7. The van der Waals surface area contributed by atoms with Gasteiger partial charge in [0.05, 0.1) is 5.75 Å². The van der Waals surface area contributed by atoms with Crippen molar-refractivity contribution in [2.45, 2.75) is 23.1 Å². The Morgan fingerprint density at radius 3 is 2.88 bits per heavy atom. The molecule has 3 heterocycles. The maximum Gasteiger partial charge on any atom is 0.233 e. The summed E-state index contributed by atoms with van der Waals surface area (Å²) >= 11 is 2.90. The lowest BCUT2D eigenvalue weighted by Gasteiger charge is -2.30. The Kier molecular flexibility index (Phi) is 5.07. The van der Waals surface area contributed by atoms with E-state index in [1.54, 1.807) is 7.05 Å². The molecule has 0 aliphatic carbocycles. The number of piperidine rings is 1. The molecule has 9 heteroatoms. The Hall–Kier alpha value is -2.13. The number of aromatic nitrogens is 3. The molecule has 1 aliphatic rings. The van der Waals surface area contributed by atoms with E-state index in [2.05, 4.69) is 20.5 Å². The molecule has 0 bridgehead atoms. The van der Waals surface area contributed by atoms with Gasteiger partial charge >= 0.3 is 0 Å². The van der Waals surface area contributed by atoms with Gasteiger partial charge in [-0.25, -0.2) is 4.98 Å². The Morgan fingerprint density at radius 1 is 1.35 bits per heavy atom. The number of thioether (sulfide) groups is 1. The molecule has 0 unspecified atom stereocenters. The molecule has 1 N–H and O–H groups in total. The first-order valence-corrected chi connectivity index (χ1v) is 10.3. The van der Waals surface area contributed by atoms with Crippen LogP contribution in [0.4, 0.5) is 5.13 Å². The number of nitrogens with one attached hydrogen (secondary N) is 1. The number of fused-ring (bicyclic) bond motifs is 1. The normalized spacial score (nSPS) is 15.5. The van der Waals surface area contributed by atoms with Crippen LogP contribution in [-0.4, -0.2) is 51.9 Å². The van der Waals surface area contributed by atoms with Crippen molar-refractivity contribution >= 4 is 45.2 Å². The molecule has 0 saturated carbocycles. The van der Waals surface area contributed by atoms with E-state index in [0.717, 1.165) is 52.4 Å². The number of carbonyl (C=O) groups excluding carboxylic acids is 1. The maximum atomic E-state index is 12.4.